The summed E-state index contributed by atoms with van der Waals surface area (Å²) in [6.07, 6.45) is 3.41. The molecule has 27 heavy (non-hydrogen) atoms. The highest BCUT2D eigenvalue weighted by molar-refractivity contribution is 9.10. The van der Waals surface area contributed by atoms with Gasteiger partial charge in [-0.2, -0.15) is 0 Å². The first-order valence-corrected chi connectivity index (χ1v) is 10.6. The smallest absolute Gasteiger partial charge is 0.193 e. The third-order valence-electron chi connectivity index (χ3n) is 5.11. The van der Waals surface area contributed by atoms with Gasteiger partial charge >= 0.3 is 0 Å². The van der Waals surface area contributed by atoms with Crippen molar-refractivity contribution in [3.63, 3.8) is 0 Å². The number of hydrogen-bond donors (Lipinski definition) is 1. The van der Waals surface area contributed by atoms with Crippen LogP contribution >= 0.6 is 15.9 Å². The van der Waals surface area contributed by atoms with E-state index in [1.807, 2.05) is 7.05 Å². The molecule has 0 saturated carbocycles. The second-order valence-corrected chi connectivity index (χ2v) is 8.61. The fourth-order valence-corrected chi connectivity index (χ4v) is 3.59. The first-order chi connectivity index (χ1) is 13.0. The summed E-state index contributed by atoms with van der Waals surface area (Å²) < 4.78 is 12.1. The summed E-state index contributed by atoms with van der Waals surface area (Å²) in [6, 6.07) is 8.56. The molecule has 0 aliphatic carbocycles. The van der Waals surface area contributed by atoms with Crippen molar-refractivity contribution in [1.29, 1.82) is 0 Å². The van der Waals surface area contributed by atoms with Gasteiger partial charge in [0.25, 0.3) is 0 Å². The molecule has 1 heterocycles. The second-order valence-electron chi connectivity index (χ2n) is 7.70. The molecule has 6 heteroatoms. The molecule has 1 aromatic rings. The van der Waals surface area contributed by atoms with Crippen molar-refractivity contribution in [1.82, 2.24) is 10.2 Å². The van der Waals surface area contributed by atoms with Gasteiger partial charge in [0.2, 0.25) is 0 Å². The summed E-state index contributed by atoms with van der Waals surface area (Å²) in [7, 11) is 3.59. The van der Waals surface area contributed by atoms with E-state index in [0.29, 0.717) is 6.10 Å². The summed E-state index contributed by atoms with van der Waals surface area (Å²) in [6.45, 7) is 8.87. The van der Waals surface area contributed by atoms with Crippen LogP contribution in [-0.4, -0.2) is 64.0 Å². The van der Waals surface area contributed by atoms with Gasteiger partial charge in [0.15, 0.2) is 5.96 Å². The van der Waals surface area contributed by atoms with Crippen LogP contribution in [0.5, 0.6) is 0 Å². The Balaban J connectivity index is 1.79. The SMILES string of the molecule is CN=C(NCC(C)(C)c1ccc(Br)cc1)N1CCC(OCCCOC)CC1. The molecule has 1 aromatic carbocycles. The zero-order valence-corrected chi connectivity index (χ0v) is 18.7. The number of methoxy groups -OCH3 is 1. The molecule has 0 unspecified atom stereocenters. The van der Waals surface area contributed by atoms with Crippen LogP contribution in [0.4, 0.5) is 0 Å². The Bertz CT molecular complexity index is 582. The first kappa shape index (κ1) is 22.2. The lowest BCUT2D eigenvalue weighted by Gasteiger charge is -2.35. The number of benzene rings is 1. The van der Waals surface area contributed by atoms with E-state index < -0.39 is 0 Å². The molecule has 2 rings (SSSR count). The van der Waals surface area contributed by atoms with Crippen molar-refractivity contribution in [2.24, 2.45) is 4.99 Å². The topological polar surface area (TPSA) is 46.1 Å². The van der Waals surface area contributed by atoms with Crippen LogP contribution in [0, 0.1) is 0 Å². The largest absolute Gasteiger partial charge is 0.385 e. The molecule has 0 radical (unpaired) electrons. The van der Waals surface area contributed by atoms with Crippen LogP contribution in [0.2, 0.25) is 0 Å². The van der Waals surface area contributed by atoms with Crippen LogP contribution in [0.3, 0.4) is 0 Å². The van der Waals surface area contributed by atoms with Crippen molar-refractivity contribution in [2.45, 2.75) is 44.6 Å². The normalized spacial score (nSPS) is 16.6. The zero-order valence-electron chi connectivity index (χ0n) is 17.1. The number of halogens is 1. The third kappa shape index (κ3) is 7.09. The standard InChI is InChI=1S/C21H34BrN3O2/c1-21(2,17-6-8-18(22)9-7-17)16-24-20(23-3)25-12-10-19(11-13-25)27-15-5-14-26-4/h6-9,19H,5,10-16H2,1-4H3,(H,23,24). The monoisotopic (exact) mass is 439 g/mol. The van der Waals surface area contributed by atoms with E-state index >= 15 is 0 Å². The minimum absolute atomic E-state index is 0.0272. The van der Waals surface area contributed by atoms with Crippen molar-refractivity contribution < 1.29 is 9.47 Å². The van der Waals surface area contributed by atoms with E-state index in [-0.39, 0.29) is 5.41 Å². The van der Waals surface area contributed by atoms with Gasteiger partial charge in [-0.3, -0.25) is 4.99 Å². The number of guanidine groups is 1. The number of likely N-dealkylation sites (tertiary alicyclic amines) is 1. The van der Waals surface area contributed by atoms with Gasteiger partial charge in [-0.25, -0.2) is 0 Å². The number of aliphatic imine (C=N–C) groups is 1. The highest BCUT2D eigenvalue weighted by atomic mass is 79.9. The van der Waals surface area contributed by atoms with E-state index in [9.17, 15) is 0 Å². The molecule has 1 aliphatic heterocycles. The fourth-order valence-electron chi connectivity index (χ4n) is 3.32. The summed E-state index contributed by atoms with van der Waals surface area (Å²) >= 11 is 3.51. The number of nitrogens with one attached hydrogen (secondary N) is 1. The molecule has 1 saturated heterocycles. The van der Waals surface area contributed by atoms with E-state index in [2.05, 4.69) is 69.3 Å². The van der Waals surface area contributed by atoms with Crippen LogP contribution in [0.1, 0.15) is 38.7 Å². The quantitative estimate of drug-likeness (QED) is 0.379. The van der Waals surface area contributed by atoms with E-state index in [4.69, 9.17) is 9.47 Å². The Morgan fingerprint density at radius 3 is 2.48 bits per heavy atom. The fraction of sp³-hybridized carbons (Fsp3) is 0.667. The Kier molecular flexibility index (Phi) is 9.06. The Labute approximate surface area is 172 Å². The second kappa shape index (κ2) is 11.0. The van der Waals surface area contributed by atoms with Gasteiger partial charge in [-0.1, -0.05) is 41.9 Å². The maximum absolute atomic E-state index is 5.96. The average Bonchev–Trinajstić information content (AvgIpc) is 2.67. The minimum Gasteiger partial charge on any atom is -0.385 e. The molecule has 0 atom stereocenters. The Hall–Kier alpha value is -1.11. The number of rotatable bonds is 8. The van der Waals surface area contributed by atoms with E-state index in [1.54, 1.807) is 7.11 Å². The van der Waals surface area contributed by atoms with Crippen LogP contribution in [0.15, 0.2) is 33.7 Å². The van der Waals surface area contributed by atoms with Crippen molar-refractivity contribution in [3.05, 3.63) is 34.3 Å². The maximum atomic E-state index is 5.96. The molecule has 1 N–H and O–H groups in total. The molecule has 0 amide bonds. The van der Waals surface area contributed by atoms with Crippen LogP contribution in [0.25, 0.3) is 0 Å². The van der Waals surface area contributed by atoms with E-state index in [0.717, 1.165) is 62.5 Å². The molecule has 0 aromatic heterocycles. The molecular formula is C21H34BrN3O2. The highest BCUT2D eigenvalue weighted by Gasteiger charge is 2.25. The Morgan fingerprint density at radius 2 is 1.89 bits per heavy atom. The molecule has 1 aliphatic rings. The molecule has 0 spiro atoms. The minimum atomic E-state index is 0.0272. The maximum Gasteiger partial charge on any atom is 0.193 e. The average molecular weight is 440 g/mol. The van der Waals surface area contributed by atoms with Gasteiger partial charge in [-0.05, 0) is 37.0 Å². The summed E-state index contributed by atoms with van der Waals surface area (Å²) in [5.41, 5.74) is 1.34. The summed E-state index contributed by atoms with van der Waals surface area (Å²) in [4.78, 5) is 6.84. The van der Waals surface area contributed by atoms with Gasteiger partial charge in [0.05, 0.1) is 6.10 Å². The number of ether oxygens (including phenoxy) is 2. The molecular weight excluding hydrogens is 406 g/mol. The van der Waals surface area contributed by atoms with Crippen molar-refractivity contribution in [2.75, 3.05) is 47.0 Å². The lowest BCUT2D eigenvalue weighted by Crippen LogP contribution is -2.49. The third-order valence-corrected chi connectivity index (χ3v) is 5.64. The lowest BCUT2D eigenvalue weighted by atomic mass is 9.85. The van der Waals surface area contributed by atoms with Gasteiger partial charge in [-0.15, -0.1) is 0 Å². The molecule has 5 nitrogen and oxygen atoms in total. The Morgan fingerprint density at radius 1 is 1.22 bits per heavy atom. The lowest BCUT2D eigenvalue weighted by molar-refractivity contribution is 0.00987. The number of piperidine rings is 1. The number of hydrogen-bond acceptors (Lipinski definition) is 3. The summed E-state index contributed by atoms with van der Waals surface area (Å²) in [5, 5.41) is 3.57. The number of nitrogens with zero attached hydrogens (tertiary/aromatic N) is 2. The van der Waals surface area contributed by atoms with E-state index in [1.165, 1.54) is 5.56 Å². The van der Waals surface area contributed by atoms with Crippen molar-refractivity contribution in [3.8, 4) is 0 Å². The van der Waals surface area contributed by atoms with Gasteiger partial charge in [0, 0.05) is 56.9 Å². The van der Waals surface area contributed by atoms with Crippen LogP contribution < -0.4 is 5.32 Å². The van der Waals surface area contributed by atoms with Crippen molar-refractivity contribution >= 4 is 21.9 Å². The molecule has 0 bridgehead atoms. The zero-order chi connectivity index (χ0) is 19.7. The highest BCUT2D eigenvalue weighted by Crippen LogP contribution is 2.24. The summed E-state index contributed by atoms with van der Waals surface area (Å²) in [5.74, 6) is 0.984. The van der Waals surface area contributed by atoms with Gasteiger partial charge < -0.3 is 19.7 Å². The van der Waals surface area contributed by atoms with Crippen LogP contribution in [-0.2, 0) is 14.9 Å². The predicted molar refractivity (Wildman–Crippen MR) is 116 cm³/mol. The van der Waals surface area contributed by atoms with Gasteiger partial charge in [0.1, 0.15) is 0 Å². The molecule has 1 fully saturated rings. The first-order valence-electron chi connectivity index (χ1n) is 9.78. The predicted octanol–water partition coefficient (Wildman–Crippen LogP) is 3.82. The molecule has 152 valence electrons.